The first-order chi connectivity index (χ1) is 19.9. The number of phenols is 4. The molecule has 4 unspecified atom stereocenters. The molecule has 4 aliphatic heterocycles. The highest BCUT2D eigenvalue weighted by molar-refractivity contribution is 5.98. The summed E-state index contributed by atoms with van der Waals surface area (Å²) in [6.07, 6.45) is 3.00. The van der Waals surface area contributed by atoms with Gasteiger partial charge in [-0.25, -0.2) is 0 Å². The largest absolute Gasteiger partial charge is 0.508 e. The number of hydrogen-bond donors (Lipinski definition) is 4. The monoisotopic (exact) mass is 556 g/mol. The van der Waals surface area contributed by atoms with Crippen molar-refractivity contribution < 1.29 is 39.4 Å². The maximum Gasteiger partial charge on any atom is 0.123 e. The number of rotatable bonds is 10. The lowest BCUT2D eigenvalue weighted by atomic mass is 9.81. The summed E-state index contributed by atoms with van der Waals surface area (Å²) in [5.41, 5.74) is 5.01. The Kier molecular flexibility index (Phi) is 5.83. The van der Waals surface area contributed by atoms with E-state index >= 15 is 0 Å². The van der Waals surface area contributed by atoms with Crippen LogP contribution in [0, 0.1) is 0 Å². The van der Waals surface area contributed by atoms with E-state index in [4.69, 9.17) is 18.9 Å². The van der Waals surface area contributed by atoms with Gasteiger partial charge in [0.15, 0.2) is 0 Å². The molecule has 0 bridgehead atoms. The Bertz CT molecular complexity index is 1670. The summed E-state index contributed by atoms with van der Waals surface area (Å²) in [4.78, 5) is 0. The molecule has 8 heteroatoms. The standard InChI is InChI=1S/C33H32O8/c34-17-3-1-16-2-4-30(35)24(22(16)5-17)10-29-27-11-31(36)23(6-18-12-38-18)25(7-19-13-39-19)32(27)26(8-20-14-40-20)28(33(29)37)9-21-15-41-21/h1-5,11,18-21,34-37H,6-10,12-15H2. The van der Waals surface area contributed by atoms with Crippen LogP contribution in [0.1, 0.15) is 33.4 Å². The molecule has 4 heterocycles. The molecule has 0 amide bonds. The average molecular weight is 557 g/mol. The summed E-state index contributed by atoms with van der Waals surface area (Å²) in [6, 6.07) is 10.3. The maximum atomic E-state index is 12.0. The van der Waals surface area contributed by atoms with Crippen LogP contribution in [0.2, 0.25) is 0 Å². The Morgan fingerprint density at radius 3 is 1.68 bits per heavy atom. The van der Waals surface area contributed by atoms with Crippen LogP contribution >= 0.6 is 0 Å². The van der Waals surface area contributed by atoms with Gasteiger partial charge in [-0.3, -0.25) is 0 Å². The SMILES string of the molecule is Oc1ccc2ccc(O)c(Cc3c(O)c(CC4CO4)c(CC4CO4)c4c(CC5CO5)c(CC5CO5)c(O)cc34)c2c1. The third kappa shape index (κ3) is 4.85. The molecule has 4 aromatic carbocycles. The molecule has 41 heavy (non-hydrogen) atoms. The van der Waals surface area contributed by atoms with E-state index in [0.29, 0.717) is 68.6 Å². The van der Waals surface area contributed by atoms with E-state index in [2.05, 4.69) is 0 Å². The van der Waals surface area contributed by atoms with Crippen molar-refractivity contribution in [2.45, 2.75) is 56.5 Å². The number of hydrogen-bond acceptors (Lipinski definition) is 8. The van der Waals surface area contributed by atoms with Crippen molar-refractivity contribution in [3.63, 3.8) is 0 Å². The van der Waals surface area contributed by atoms with Gasteiger partial charge in [-0.1, -0.05) is 12.1 Å². The molecule has 8 nitrogen and oxygen atoms in total. The van der Waals surface area contributed by atoms with E-state index in [0.717, 1.165) is 38.4 Å². The topological polar surface area (TPSA) is 131 Å². The summed E-state index contributed by atoms with van der Waals surface area (Å²) in [7, 11) is 0. The third-order valence-electron chi connectivity index (χ3n) is 8.87. The highest BCUT2D eigenvalue weighted by Crippen LogP contribution is 2.47. The quantitative estimate of drug-likeness (QED) is 0.214. The predicted molar refractivity (Wildman–Crippen MR) is 151 cm³/mol. The van der Waals surface area contributed by atoms with Crippen LogP contribution in [-0.2, 0) is 51.1 Å². The van der Waals surface area contributed by atoms with Crippen LogP contribution in [0.5, 0.6) is 23.0 Å². The van der Waals surface area contributed by atoms with Gasteiger partial charge in [0, 0.05) is 54.4 Å². The molecular formula is C33H32O8. The summed E-state index contributed by atoms with van der Waals surface area (Å²) < 4.78 is 22.5. The zero-order chi connectivity index (χ0) is 27.8. The van der Waals surface area contributed by atoms with Crippen LogP contribution < -0.4 is 0 Å². The summed E-state index contributed by atoms with van der Waals surface area (Å²) >= 11 is 0. The van der Waals surface area contributed by atoms with Gasteiger partial charge < -0.3 is 39.4 Å². The lowest BCUT2D eigenvalue weighted by Gasteiger charge is -2.24. The van der Waals surface area contributed by atoms with E-state index in [1.807, 2.05) is 12.1 Å². The minimum atomic E-state index is 0.0413. The molecule has 212 valence electrons. The summed E-state index contributed by atoms with van der Waals surface area (Å²) in [5, 5.41) is 48.1. The molecule has 4 fully saturated rings. The van der Waals surface area contributed by atoms with Crippen molar-refractivity contribution in [1.82, 2.24) is 0 Å². The molecule has 4 aliphatic rings. The molecule has 4 N–H and O–H groups in total. The molecule has 4 saturated heterocycles. The fourth-order valence-corrected chi connectivity index (χ4v) is 6.40. The van der Waals surface area contributed by atoms with Gasteiger partial charge in [0.1, 0.15) is 23.0 Å². The number of aromatic hydroxyl groups is 4. The molecule has 8 rings (SSSR count). The van der Waals surface area contributed by atoms with E-state index in [1.54, 1.807) is 24.3 Å². The second kappa shape index (κ2) is 9.49. The summed E-state index contributed by atoms with van der Waals surface area (Å²) in [5.74, 6) is 0.514. The molecule has 0 saturated carbocycles. The van der Waals surface area contributed by atoms with Crippen molar-refractivity contribution in [3.8, 4) is 23.0 Å². The van der Waals surface area contributed by atoms with Gasteiger partial charge >= 0.3 is 0 Å². The second-order valence-corrected chi connectivity index (χ2v) is 11.8. The number of ether oxygens (including phenoxy) is 4. The Labute approximate surface area is 236 Å². The molecule has 0 aromatic heterocycles. The number of benzene rings is 4. The lowest BCUT2D eigenvalue weighted by molar-refractivity contribution is 0.395. The number of epoxide rings is 4. The van der Waals surface area contributed by atoms with Gasteiger partial charge in [-0.2, -0.15) is 0 Å². The van der Waals surface area contributed by atoms with Crippen molar-refractivity contribution in [2.75, 3.05) is 26.4 Å². The Morgan fingerprint density at radius 2 is 1.07 bits per heavy atom. The average Bonchev–Trinajstić information content (AvgIpc) is 3.77. The second-order valence-electron chi connectivity index (χ2n) is 11.8. The van der Waals surface area contributed by atoms with Gasteiger partial charge in [-0.15, -0.1) is 0 Å². The summed E-state index contributed by atoms with van der Waals surface area (Å²) in [6.45, 7) is 2.69. The van der Waals surface area contributed by atoms with Crippen LogP contribution in [0.3, 0.4) is 0 Å². The van der Waals surface area contributed by atoms with Crippen molar-refractivity contribution in [1.29, 1.82) is 0 Å². The highest BCUT2D eigenvalue weighted by Gasteiger charge is 2.36. The lowest BCUT2D eigenvalue weighted by Crippen LogP contribution is -2.11. The number of fused-ring (bicyclic) bond motifs is 2. The Morgan fingerprint density at radius 1 is 0.537 bits per heavy atom. The van der Waals surface area contributed by atoms with Crippen LogP contribution in [0.4, 0.5) is 0 Å². The van der Waals surface area contributed by atoms with Gasteiger partial charge in [0.05, 0.1) is 50.8 Å². The zero-order valence-electron chi connectivity index (χ0n) is 22.6. The Hall–Kier alpha value is -3.56. The molecule has 0 radical (unpaired) electrons. The molecule has 4 aromatic rings. The normalized spacial score (nSPS) is 24.2. The van der Waals surface area contributed by atoms with Gasteiger partial charge in [0.2, 0.25) is 0 Å². The predicted octanol–water partition coefficient (Wildman–Crippen LogP) is 4.17. The fourth-order valence-electron chi connectivity index (χ4n) is 6.40. The molecule has 4 atom stereocenters. The third-order valence-corrected chi connectivity index (χ3v) is 8.87. The molecular weight excluding hydrogens is 524 g/mol. The van der Waals surface area contributed by atoms with Crippen LogP contribution in [0.25, 0.3) is 21.5 Å². The van der Waals surface area contributed by atoms with E-state index < -0.39 is 0 Å². The van der Waals surface area contributed by atoms with Crippen molar-refractivity contribution in [3.05, 3.63) is 69.8 Å². The molecule has 0 aliphatic carbocycles. The first-order valence-corrected chi connectivity index (χ1v) is 14.4. The first kappa shape index (κ1) is 25.2. The minimum Gasteiger partial charge on any atom is -0.508 e. The first-order valence-electron chi connectivity index (χ1n) is 14.4. The zero-order valence-corrected chi connectivity index (χ0v) is 22.6. The van der Waals surface area contributed by atoms with Crippen LogP contribution in [-0.4, -0.2) is 71.3 Å². The minimum absolute atomic E-state index is 0.0413. The highest BCUT2D eigenvalue weighted by atomic mass is 16.6. The maximum absolute atomic E-state index is 12.0. The van der Waals surface area contributed by atoms with Gasteiger partial charge in [-0.05, 0) is 56.9 Å². The van der Waals surface area contributed by atoms with Gasteiger partial charge in [0.25, 0.3) is 0 Å². The van der Waals surface area contributed by atoms with E-state index in [9.17, 15) is 20.4 Å². The molecule has 0 spiro atoms. The van der Waals surface area contributed by atoms with E-state index in [-0.39, 0.29) is 53.8 Å². The van der Waals surface area contributed by atoms with E-state index in [1.165, 1.54) is 0 Å². The van der Waals surface area contributed by atoms with Crippen LogP contribution in [0.15, 0.2) is 36.4 Å². The Balaban J connectivity index is 1.41. The fraction of sp³-hybridized carbons (Fsp3) is 0.394. The van der Waals surface area contributed by atoms with Crippen molar-refractivity contribution >= 4 is 21.5 Å². The van der Waals surface area contributed by atoms with Crippen molar-refractivity contribution in [2.24, 2.45) is 0 Å². The smallest absolute Gasteiger partial charge is 0.123 e. The number of phenolic OH excluding ortho intramolecular Hbond substituents is 4.